The van der Waals surface area contributed by atoms with Crippen molar-refractivity contribution in [3.05, 3.63) is 70.8 Å². The summed E-state index contributed by atoms with van der Waals surface area (Å²) in [5, 5.41) is -1.07. The van der Waals surface area contributed by atoms with Gasteiger partial charge in [0.15, 0.2) is 17.5 Å². The van der Waals surface area contributed by atoms with E-state index in [2.05, 4.69) is 6.92 Å². The third-order valence-corrected chi connectivity index (χ3v) is 6.91. The standard InChI is InChI=1S/C27H26F6/c1-2-3-4-5-15-6-8-16(9-7-15)17-11-20(28)24(21(29)12-17)18-10-19-14-23(31)26(32)27(33)25(19)22(30)13-18/h10-16H,2-9H2,1H3. The van der Waals surface area contributed by atoms with Crippen LogP contribution in [0.3, 0.4) is 0 Å². The summed E-state index contributed by atoms with van der Waals surface area (Å²) in [6.07, 6.45) is 8.61. The number of fused-ring (bicyclic) bond motifs is 1. The Morgan fingerprint density at radius 2 is 1.36 bits per heavy atom. The molecule has 0 amide bonds. The van der Waals surface area contributed by atoms with Gasteiger partial charge in [0.05, 0.1) is 10.9 Å². The van der Waals surface area contributed by atoms with Gasteiger partial charge in [0.25, 0.3) is 0 Å². The Morgan fingerprint density at radius 1 is 0.697 bits per heavy atom. The molecule has 3 aromatic rings. The van der Waals surface area contributed by atoms with Crippen molar-refractivity contribution in [2.24, 2.45) is 5.92 Å². The van der Waals surface area contributed by atoms with E-state index in [-0.39, 0.29) is 16.9 Å². The van der Waals surface area contributed by atoms with Gasteiger partial charge in [-0.2, -0.15) is 0 Å². The van der Waals surface area contributed by atoms with Crippen molar-refractivity contribution in [2.45, 2.75) is 64.2 Å². The maximum atomic E-state index is 15.0. The van der Waals surface area contributed by atoms with E-state index >= 15 is 8.78 Å². The van der Waals surface area contributed by atoms with Crippen molar-refractivity contribution >= 4 is 10.8 Å². The molecule has 0 aliphatic heterocycles. The molecule has 0 bridgehead atoms. The van der Waals surface area contributed by atoms with Crippen LogP contribution in [-0.4, -0.2) is 0 Å². The van der Waals surface area contributed by atoms with E-state index in [1.165, 1.54) is 37.8 Å². The Hall–Kier alpha value is -2.50. The Morgan fingerprint density at radius 3 is 2.00 bits per heavy atom. The second-order valence-electron chi connectivity index (χ2n) is 9.12. The first-order chi connectivity index (χ1) is 15.8. The van der Waals surface area contributed by atoms with Crippen LogP contribution in [0.2, 0.25) is 0 Å². The van der Waals surface area contributed by atoms with Gasteiger partial charge in [-0.1, -0.05) is 32.6 Å². The molecule has 0 heterocycles. The van der Waals surface area contributed by atoms with Crippen molar-refractivity contribution in [2.75, 3.05) is 0 Å². The zero-order valence-corrected chi connectivity index (χ0v) is 18.5. The molecule has 6 heteroatoms. The third kappa shape index (κ3) is 4.75. The fourth-order valence-electron chi connectivity index (χ4n) is 5.10. The molecule has 0 spiro atoms. The molecule has 0 saturated heterocycles. The molecule has 33 heavy (non-hydrogen) atoms. The summed E-state index contributed by atoms with van der Waals surface area (Å²) in [5.41, 5.74) is -0.106. The number of hydrogen-bond acceptors (Lipinski definition) is 0. The molecule has 0 nitrogen and oxygen atoms in total. The summed E-state index contributed by atoms with van der Waals surface area (Å²) in [7, 11) is 0. The molecule has 0 radical (unpaired) electrons. The van der Waals surface area contributed by atoms with Crippen molar-refractivity contribution in [1.29, 1.82) is 0 Å². The molecule has 0 unspecified atom stereocenters. The second kappa shape index (κ2) is 9.78. The first-order valence-electron chi connectivity index (χ1n) is 11.6. The number of rotatable bonds is 6. The highest BCUT2D eigenvalue weighted by molar-refractivity contribution is 5.88. The smallest absolute Gasteiger partial charge is 0.195 e. The minimum Gasteiger partial charge on any atom is -0.206 e. The highest BCUT2D eigenvalue weighted by Crippen LogP contribution is 2.40. The lowest BCUT2D eigenvalue weighted by molar-refractivity contribution is 0.302. The molecule has 3 aromatic carbocycles. The van der Waals surface area contributed by atoms with E-state index in [0.717, 1.165) is 37.8 Å². The van der Waals surface area contributed by atoms with Crippen LogP contribution in [0.1, 0.15) is 69.8 Å². The summed E-state index contributed by atoms with van der Waals surface area (Å²) in [5.74, 6) is -7.19. The van der Waals surface area contributed by atoms with E-state index in [9.17, 15) is 17.6 Å². The van der Waals surface area contributed by atoms with Crippen molar-refractivity contribution in [1.82, 2.24) is 0 Å². The van der Waals surface area contributed by atoms with Gasteiger partial charge in [0.2, 0.25) is 0 Å². The fourth-order valence-corrected chi connectivity index (χ4v) is 5.10. The van der Waals surface area contributed by atoms with E-state index in [1.807, 2.05) is 0 Å². The lowest BCUT2D eigenvalue weighted by Gasteiger charge is -2.29. The van der Waals surface area contributed by atoms with Gasteiger partial charge < -0.3 is 0 Å². The van der Waals surface area contributed by atoms with E-state index in [4.69, 9.17) is 0 Å². The summed E-state index contributed by atoms with van der Waals surface area (Å²) < 4.78 is 85.6. The molecule has 0 N–H and O–H groups in total. The maximum absolute atomic E-state index is 15.0. The summed E-state index contributed by atoms with van der Waals surface area (Å²) in [4.78, 5) is 0. The average Bonchev–Trinajstić information content (AvgIpc) is 2.77. The number of unbranched alkanes of at least 4 members (excludes halogenated alkanes) is 2. The molecule has 4 rings (SSSR count). The van der Waals surface area contributed by atoms with Gasteiger partial charge in [0.1, 0.15) is 17.5 Å². The van der Waals surface area contributed by atoms with Gasteiger partial charge in [-0.25, -0.2) is 26.3 Å². The predicted molar refractivity (Wildman–Crippen MR) is 118 cm³/mol. The number of benzene rings is 3. The van der Waals surface area contributed by atoms with Crippen molar-refractivity contribution < 1.29 is 26.3 Å². The molecule has 1 fully saturated rings. The summed E-state index contributed by atoms with van der Waals surface area (Å²) in [6.45, 7) is 2.17. The normalized spacial score (nSPS) is 18.8. The van der Waals surface area contributed by atoms with Crippen LogP contribution in [-0.2, 0) is 0 Å². The first-order valence-corrected chi connectivity index (χ1v) is 11.6. The zero-order chi connectivity index (χ0) is 23.7. The molecule has 0 atom stereocenters. The first kappa shape index (κ1) is 23.7. The lowest BCUT2D eigenvalue weighted by atomic mass is 9.76. The highest BCUT2D eigenvalue weighted by Gasteiger charge is 2.25. The van der Waals surface area contributed by atoms with Crippen LogP contribution in [0.4, 0.5) is 26.3 Å². The largest absolute Gasteiger partial charge is 0.206 e. The molecule has 0 aromatic heterocycles. The molecule has 1 aliphatic carbocycles. The Balaban J connectivity index is 1.61. The SMILES string of the molecule is CCCCCC1CCC(c2cc(F)c(-c3cc(F)c4c(F)c(F)c(F)cc4c3)c(F)c2)CC1. The summed E-state index contributed by atoms with van der Waals surface area (Å²) >= 11 is 0. The Bertz CT molecular complexity index is 1140. The maximum Gasteiger partial charge on any atom is 0.195 e. The molecular weight excluding hydrogens is 438 g/mol. The van der Waals surface area contributed by atoms with Crippen molar-refractivity contribution in [3.63, 3.8) is 0 Å². The Kier molecular flexibility index (Phi) is 7.01. The van der Waals surface area contributed by atoms with E-state index in [1.54, 1.807) is 0 Å². The average molecular weight is 464 g/mol. The van der Waals surface area contributed by atoms with Gasteiger partial charge in [-0.05, 0) is 84.4 Å². The predicted octanol–water partition coefficient (Wildman–Crippen LogP) is 9.20. The molecule has 176 valence electrons. The quantitative estimate of drug-likeness (QED) is 0.194. The van der Waals surface area contributed by atoms with Gasteiger partial charge in [0, 0.05) is 0 Å². The lowest BCUT2D eigenvalue weighted by Crippen LogP contribution is -2.14. The van der Waals surface area contributed by atoms with Gasteiger partial charge in [-0.3, -0.25) is 0 Å². The second-order valence-corrected chi connectivity index (χ2v) is 9.12. The minimum absolute atomic E-state index is 0.0602. The highest BCUT2D eigenvalue weighted by atomic mass is 19.2. The van der Waals surface area contributed by atoms with Gasteiger partial charge in [-0.15, -0.1) is 0 Å². The van der Waals surface area contributed by atoms with Crippen LogP contribution in [0.5, 0.6) is 0 Å². The number of hydrogen-bond donors (Lipinski definition) is 0. The molecule has 1 saturated carbocycles. The monoisotopic (exact) mass is 464 g/mol. The van der Waals surface area contributed by atoms with Crippen LogP contribution in [0.15, 0.2) is 30.3 Å². The fraction of sp³-hybridized carbons (Fsp3) is 0.407. The van der Waals surface area contributed by atoms with Crippen molar-refractivity contribution in [3.8, 4) is 11.1 Å². The van der Waals surface area contributed by atoms with Crippen LogP contribution in [0, 0.1) is 40.8 Å². The molecule has 1 aliphatic rings. The van der Waals surface area contributed by atoms with Gasteiger partial charge >= 0.3 is 0 Å². The van der Waals surface area contributed by atoms with Crippen LogP contribution < -0.4 is 0 Å². The topological polar surface area (TPSA) is 0 Å². The zero-order valence-electron chi connectivity index (χ0n) is 18.5. The third-order valence-electron chi connectivity index (χ3n) is 6.91. The summed E-state index contributed by atoms with van der Waals surface area (Å²) in [6, 6.07) is 4.96. The van der Waals surface area contributed by atoms with E-state index < -0.39 is 45.9 Å². The van der Waals surface area contributed by atoms with Crippen LogP contribution >= 0.6 is 0 Å². The minimum atomic E-state index is -1.80. The number of halogens is 6. The van der Waals surface area contributed by atoms with Crippen LogP contribution in [0.25, 0.3) is 21.9 Å². The van der Waals surface area contributed by atoms with E-state index in [0.29, 0.717) is 17.5 Å². The molecular formula is C27H26F6. The Labute approximate surface area is 189 Å².